The van der Waals surface area contributed by atoms with Crippen molar-refractivity contribution in [2.75, 3.05) is 6.54 Å². The third-order valence-electron chi connectivity index (χ3n) is 4.16. The predicted octanol–water partition coefficient (Wildman–Crippen LogP) is 3.75. The Labute approximate surface area is 126 Å². The van der Waals surface area contributed by atoms with Gasteiger partial charge in [0.1, 0.15) is 5.58 Å². The summed E-state index contributed by atoms with van der Waals surface area (Å²) in [6.45, 7) is 2.74. The van der Waals surface area contributed by atoms with Crippen LogP contribution >= 0.6 is 0 Å². The number of rotatable bonds is 3. The summed E-state index contributed by atoms with van der Waals surface area (Å²) in [6, 6.07) is 6.72. The zero-order valence-corrected chi connectivity index (χ0v) is 12.2. The number of carboxylic acids is 1. The van der Waals surface area contributed by atoms with E-state index in [1.54, 1.807) is 6.07 Å². The lowest BCUT2D eigenvalue weighted by Gasteiger charge is -2.37. The predicted molar refractivity (Wildman–Crippen MR) is 77.2 cm³/mol. The fourth-order valence-electron chi connectivity index (χ4n) is 2.96. The number of halogens is 2. The van der Waals surface area contributed by atoms with Crippen molar-refractivity contribution >= 4 is 16.9 Å². The Bertz CT molecular complexity index is 710. The number of carbonyl (C=O) groups is 1. The van der Waals surface area contributed by atoms with Crippen LogP contribution in [0.3, 0.4) is 0 Å². The molecule has 1 fully saturated rings. The molecule has 118 valence electrons. The zero-order chi connectivity index (χ0) is 15.9. The molecule has 1 aromatic heterocycles. The second kappa shape index (κ2) is 5.35. The highest BCUT2D eigenvalue weighted by Crippen LogP contribution is 2.32. The molecule has 4 nitrogen and oxygen atoms in total. The minimum Gasteiger partial charge on any atom is -0.475 e. The number of piperidine rings is 1. The molecule has 0 aliphatic carbocycles. The monoisotopic (exact) mass is 309 g/mol. The lowest BCUT2D eigenvalue weighted by molar-refractivity contribution is -0.0765. The molecule has 1 saturated heterocycles. The van der Waals surface area contributed by atoms with E-state index in [-0.39, 0.29) is 24.6 Å². The lowest BCUT2D eigenvalue weighted by Crippen LogP contribution is -2.44. The molecule has 6 heteroatoms. The second-order valence-corrected chi connectivity index (χ2v) is 5.92. The molecule has 2 aromatic rings. The first-order chi connectivity index (χ1) is 10.3. The van der Waals surface area contributed by atoms with E-state index in [1.165, 1.54) is 6.07 Å². The van der Waals surface area contributed by atoms with Crippen molar-refractivity contribution in [3.8, 4) is 0 Å². The average Bonchev–Trinajstić information content (AvgIpc) is 2.85. The quantitative estimate of drug-likeness (QED) is 0.938. The molecule has 0 spiro atoms. The standard InChI is InChI=1S/C16H17F2NO3/c1-10-8-16(17,18)4-5-19(10)9-11-2-3-13-12(6-11)7-14(22-13)15(20)21/h2-3,6-7,10H,4-5,8-9H2,1H3,(H,20,21). The van der Waals surface area contributed by atoms with E-state index in [0.29, 0.717) is 24.1 Å². The van der Waals surface area contributed by atoms with Crippen LogP contribution in [0.2, 0.25) is 0 Å². The third kappa shape index (κ3) is 2.97. The molecule has 3 rings (SSSR count). The summed E-state index contributed by atoms with van der Waals surface area (Å²) in [6.07, 6.45) is -0.238. The normalized spacial score (nSPS) is 22.0. The number of carboxylic acid groups (broad SMARTS) is 1. The summed E-state index contributed by atoms with van der Waals surface area (Å²) in [4.78, 5) is 12.9. The van der Waals surface area contributed by atoms with Crippen molar-refractivity contribution in [2.24, 2.45) is 0 Å². The summed E-state index contributed by atoms with van der Waals surface area (Å²) < 4.78 is 31.9. The molecule has 1 N–H and O–H groups in total. The van der Waals surface area contributed by atoms with E-state index in [2.05, 4.69) is 0 Å². The number of furan rings is 1. The van der Waals surface area contributed by atoms with Gasteiger partial charge in [-0.25, -0.2) is 13.6 Å². The molecular weight excluding hydrogens is 292 g/mol. The minimum absolute atomic E-state index is 0.0990. The third-order valence-corrected chi connectivity index (χ3v) is 4.16. The van der Waals surface area contributed by atoms with E-state index < -0.39 is 11.9 Å². The fourth-order valence-corrected chi connectivity index (χ4v) is 2.96. The average molecular weight is 309 g/mol. The Kier molecular flexibility index (Phi) is 3.64. The fraction of sp³-hybridized carbons (Fsp3) is 0.438. The van der Waals surface area contributed by atoms with Gasteiger partial charge in [-0.2, -0.15) is 0 Å². The van der Waals surface area contributed by atoms with Gasteiger partial charge in [0.15, 0.2) is 0 Å². The summed E-state index contributed by atoms with van der Waals surface area (Å²) >= 11 is 0. The van der Waals surface area contributed by atoms with E-state index >= 15 is 0 Å². The highest BCUT2D eigenvalue weighted by Gasteiger charge is 2.38. The van der Waals surface area contributed by atoms with Crippen LogP contribution in [0, 0.1) is 0 Å². The maximum atomic E-state index is 13.4. The summed E-state index contributed by atoms with van der Waals surface area (Å²) in [5.74, 6) is -3.77. The van der Waals surface area contributed by atoms with Gasteiger partial charge in [0, 0.05) is 37.4 Å². The van der Waals surface area contributed by atoms with E-state index in [4.69, 9.17) is 9.52 Å². The molecule has 0 amide bonds. The van der Waals surface area contributed by atoms with Crippen LogP contribution in [0.1, 0.15) is 35.9 Å². The van der Waals surface area contributed by atoms with Gasteiger partial charge < -0.3 is 9.52 Å². The number of likely N-dealkylation sites (tertiary alicyclic amines) is 1. The maximum Gasteiger partial charge on any atom is 0.371 e. The molecule has 0 saturated carbocycles. The Hall–Kier alpha value is -1.95. The van der Waals surface area contributed by atoms with Crippen LogP contribution in [-0.2, 0) is 6.54 Å². The highest BCUT2D eigenvalue weighted by atomic mass is 19.3. The van der Waals surface area contributed by atoms with Gasteiger partial charge in [-0.15, -0.1) is 0 Å². The van der Waals surface area contributed by atoms with E-state index in [1.807, 2.05) is 24.0 Å². The molecule has 1 aliphatic heterocycles. The number of alkyl halides is 2. The van der Waals surface area contributed by atoms with Gasteiger partial charge in [0.2, 0.25) is 5.76 Å². The molecular formula is C16H17F2NO3. The molecule has 2 heterocycles. The van der Waals surface area contributed by atoms with Gasteiger partial charge >= 0.3 is 5.97 Å². The largest absolute Gasteiger partial charge is 0.475 e. The first-order valence-electron chi connectivity index (χ1n) is 7.22. The van der Waals surface area contributed by atoms with Gasteiger partial charge in [-0.05, 0) is 30.7 Å². The second-order valence-electron chi connectivity index (χ2n) is 5.92. The van der Waals surface area contributed by atoms with Crippen LogP contribution in [0.25, 0.3) is 11.0 Å². The molecule has 1 atom stereocenters. The van der Waals surface area contributed by atoms with Gasteiger partial charge in [-0.1, -0.05) is 6.07 Å². The SMILES string of the molecule is CC1CC(F)(F)CCN1Cc1ccc2oc(C(=O)O)cc2c1. The Morgan fingerprint density at radius 2 is 2.23 bits per heavy atom. The first-order valence-corrected chi connectivity index (χ1v) is 7.22. The Balaban J connectivity index is 1.78. The number of nitrogens with zero attached hydrogens (tertiary/aromatic N) is 1. The van der Waals surface area contributed by atoms with Crippen molar-refractivity contribution in [1.82, 2.24) is 4.90 Å². The number of fused-ring (bicyclic) bond motifs is 1. The molecule has 22 heavy (non-hydrogen) atoms. The van der Waals surface area contributed by atoms with Crippen molar-refractivity contribution in [2.45, 2.75) is 38.3 Å². The first kappa shape index (κ1) is 15.0. The molecule has 0 radical (unpaired) electrons. The summed E-state index contributed by atoms with van der Waals surface area (Å²) in [5.41, 5.74) is 1.47. The summed E-state index contributed by atoms with van der Waals surface area (Å²) in [5, 5.41) is 9.64. The van der Waals surface area contributed by atoms with Gasteiger partial charge in [0.25, 0.3) is 5.92 Å². The van der Waals surface area contributed by atoms with Crippen LogP contribution in [0.5, 0.6) is 0 Å². The van der Waals surface area contributed by atoms with Crippen molar-refractivity contribution < 1.29 is 23.1 Å². The number of hydrogen-bond donors (Lipinski definition) is 1. The van der Waals surface area contributed by atoms with E-state index in [0.717, 1.165) is 5.56 Å². The zero-order valence-electron chi connectivity index (χ0n) is 12.2. The van der Waals surface area contributed by atoms with E-state index in [9.17, 15) is 13.6 Å². The lowest BCUT2D eigenvalue weighted by atomic mass is 9.99. The minimum atomic E-state index is -2.57. The number of hydrogen-bond acceptors (Lipinski definition) is 3. The Morgan fingerprint density at radius 3 is 2.91 bits per heavy atom. The maximum absolute atomic E-state index is 13.4. The van der Waals surface area contributed by atoms with Crippen LogP contribution < -0.4 is 0 Å². The number of benzene rings is 1. The topological polar surface area (TPSA) is 53.7 Å². The van der Waals surface area contributed by atoms with Crippen LogP contribution in [-0.4, -0.2) is 34.5 Å². The summed E-state index contributed by atoms with van der Waals surface area (Å²) in [7, 11) is 0. The smallest absolute Gasteiger partial charge is 0.371 e. The molecule has 0 bridgehead atoms. The Morgan fingerprint density at radius 1 is 1.45 bits per heavy atom. The van der Waals surface area contributed by atoms with Gasteiger partial charge in [0.05, 0.1) is 0 Å². The van der Waals surface area contributed by atoms with Crippen molar-refractivity contribution in [3.05, 3.63) is 35.6 Å². The molecule has 1 unspecified atom stereocenters. The van der Waals surface area contributed by atoms with Crippen LogP contribution in [0.15, 0.2) is 28.7 Å². The molecule has 1 aliphatic rings. The molecule has 1 aromatic carbocycles. The van der Waals surface area contributed by atoms with Crippen molar-refractivity contribution in [1.29, 1.82) is 0 Å². The van der Waals surface area contributed by atoms with Crippen LogP contribution in [0.4, 0.5) is 8.78 Å². The van der Waals surface area contributed by atoms with Crippen molar-refractivity contribution in [3.63, 3.8) is 0 Å². The van der Waals surface area contributed by atoms with Gasteiger partial charge in [-0.3, -0.25) is 4.90 Å². The highest BCUT2D eigenvalue weighted by molar-refractivity contribution is 5.91. The number of aromatic carboxylic acids is 1.